The number of halogens is 1. The highest BCUT2D eigenvalue weighted by Crippen LogP contribution is 1.94. The molecule has 3 heteroatoms. The summed E-state index contributed by atoms with van der Waals surface area (Å²) in [5.41, 5.74) is 0.220. The van der Waals surface area contributed by atoms with Crippen molar-refractivity contribution in [1.29, 1.82) is 0 Å². The third-order valence-corrected chi connectivity index (χ3v) is 5.38. The number of carbonyl (C=O) groups is 1. The molecule has 2 nitrogen and oxygen atoms in total. The SMILES string of the molecule is O=C([O-])c1ccccc1.c1ccc([I+]c2ccccc2)cc1. The second-order valence-electron chi connectivity index (χ2n) is 4.34. The van der Waals surface area contributed by atoms with Crippen LogP contribution in [0.4, 0.5) is 0 Å². The quantitative estimate of drug-likeness (QED) is 0.573. The van der Waals surface area contributed by atoms with Gasteiger partial charge in [0.1, 0.15) is 0 Å². The standard InChI is InChI=1S/C12H10I.C7H6O2/c1-3-7-11(8-4-1)13-12-9-5-2-6-10-12;8-7(9)6-4-2-1-3-5-6/h1-10H;1-5H,(H,8,9)/q+1;/p-1. The first-order valence-electron chi connectivity index (χ1n) is 6.77. The summed E-state index contributed by atoms with van der Waals surface area (Å²) in [4.78, 5) is 10.1. The van der Waals surface area contributed by atoms with Crippen molar-refractivity contribution in [2.24, 2.45) is 0 Å². The van der Waals surface area contributed by atoms with Gasteiger partial charge in [0.05, 0.1) is 5.97 Å². The van der Waals surface area contributed by atoms with Crippen molar-refractivity contribution in [2.75, 3.05) is 0 Å². The van der Waals surface area contributed by atoms with E-state index in [-0.39, 0.29) is 26.8 Å². The molecule has 0 fully saturated rings. The number of carboxylic acids is 1. The van der Waals surface area contributed by atoms with Crippen molar-refractivity contribution < 1.29 is 31.1 Å². The van der Waals surface area contributed by atoms with E-state index in [4.69, 9.17) is 0 Å². The zero-order valence-electron chi connectivity index (χ0n) is 11.9. The lowest BCUT2D eigenvalue weighted by molar-refractivity contribution is -0.597. The van der Waals surface area contributed by atoms with Crippen LogP contribution in [0.25, 0.3) is 0 Å². The van der Waals surface area contributed by atoms with Gasteiger partial charge < -0.3 is 9.90 Å². The lowest BCUT2D eigenvalue weighted by Gasteiger charge is -1.97. The van der Waals surface area contributed by atoms with E-state index in [0.29, 0.717) is 0 Å². The van der Waals surface area contributed by atoms with Gasteiger partial charge in [-0.15, -0.1) is 0 Å². The summed E-state index contributed by atoms with van der Waals surface area (Å²) in [5, 5.41) is 10.1. The van der Waals surface area contributed by atoms with E-state index in [1.54, 1.807) is 18.2 Å². The maximum Gasteiger partial charge on any atom is 0.357 e. The molecule has 3 aromatic carbocycles. The molecule has 0 aromatic heterocycles. The van der Waals surface area contributed by atoms with Crippen LogP contribution in [-0.4, -0.2) is 5.97 Å². The molecule has 0 aliphatic heterocycles. The minimum absolute atomic E-state index is 0.0287. The van der Waals surface area contributed by atoms with Crippen LogP contribution >= 0.6 is 0 Å². The fourth-order valence-electron chi connectivity index (χ4n) is 1.66. The Morgan fingerprint density at radius 3 is 1.32 bits per heavy atom. The zero-order valence-corrected chi connectivity index (χ0v) is 14.0. The summed E-state index contributed by atoms with van der Waals surface area (Å²) >= 11 is 0.0287. The van der Waals surface area contributed by atoms with Crippen LogP contribution in [0.3, 0.4) is 0 Å². The number of hydrogen-bond acceptors (Lipinski definition) is 2. The highest BCUT2D eigenvalue weighted by molar-refractivity contribution is 5.85. The molecule has 0 heterocycles. The fraction of sp³-hybridized carbons (Fsp3) is 0. The smallest absolute Gasteiger partial charge is 0.357 e. The fourth-order valence-corrected chi connectivity index (χ4v) is 3.92. The molecule has 0 aliphatic carbocycles. The molecule has 0 amide bonds. The summed E-state index contributed by atoms with van der Waals surface area (Å²) in [6.45, 7) is 0. The van der Waals surface area contributed by atoms with E-state index in [9.17, 15) is 9.90 Å². The monoisotopic (exact) mass is 402 g/mol. The van der Waals surface area contributed by atoms with Gasteiger partial charge in [0.25, 0.3) is 0 Å². The Morgan fingerprint density at radius 2 is 1.00 bits per heavy atom. The first kappa shape index (κ1) is 16.2. The minimum atomic E-state index is -1.13. The molecule has 3 rings (SSSR count). The topological polar surface area (TPSA) is 40.1 Å². The van der Waals surface area contributed by atoms with E-state index >= 15 is 0 Å². The summed E-state index contributed by atoms with van der Waals surface area (Å²) in [6, 6.07) is 29.5. The number of aromatic carboxylic acids is 1. The Labute approximate surface area is 140 Å². The zero-order chi connectivity index (χ0) is 15.6. The van der Waals surface area contributed by atoms with Crippen LogP contribution in [0, 0.1) is 7.14 Å². The molecule has 0 unspecified atom stereocenters. The Hall–Kier alpha value is -2.14. The van der Waals surface area contributed by atoms with Gasteiger partial charge in [-0.2, -0.15) is 0 Å². The molecule has 22 heavy (non-hydrogen) atoms. The van der Waals surface area contributed by atoms with Crippen LogP contribution in [0.2, 0.25) is 0 Å². The van der Waals surface area contributed by atoms with E-state index < -0.39 is 5.97 Å². The number of carboxylic acid groups (broad SMARTS) is 1. The van der Waals surface area contributed by atoms with Crippen molar-refractivity contribution in [3.05, 3.63) is 104 Å². The van der Waals surface area contributed by atoms with Crippen molar-refractivity contribution in [1.82, 2.24) is 0 Å². The van der Waals surface area contributed by atoms with Crippen LogP contribution in [-0.2, 0) is 0 Å². The maximum atomic E-state index is 10.1. The molecule has 0 aliphatic rings. The van der Waals surface area contributed by atoms with Crippen molar-refractivity contribution in [3.63, 3.8) is 0 Å². The first-order chi connectivity index (χ1) is 10.8. The molecule has 0 N–H and O–H groups in total. The van der Waals surface area contributed by atoms with E-state index in [1.165, 1.54) is 19.3 Å². The molecule has 0 bridgehead atoms. The normalized spacial score (nSPS) is 9.45. The van der Waals surface area contributed by atoms with Gasteiger partial charge in [-0.1, -0.05) is 66.7 Å². The Morgan fingerprint density at radius 1 is 0.636 bits per heavy atom. The van der Waals surface area contributed by atoms with E-state index in [1.807, 2.05) is 0 Å². The third-order valence-electron chi connectivity index (χ3n) is 2.69. The number of rotatable bonds is 3. The average molecular weight is 402 g/mol. The van der Waals surface area contributed by atoms with Crippen molar-refractivity contribution in [2.45, 2.75) is 0 Å². The summed E-state index contributed by atoms with van der Waals surface area (Å²) in [6.07, 6.45) is 0. The lowest BCUT2D eigenvalue weighted by atomic mass is 10.2. The highest BCUT2D eigenvalue weighted by atomic mass is 127. The van der Waals surface area contributed by atoms with Gasteiger partial charge in [0.2, 0.25) is 0 Å². The summed E-state index contributed by atoms with van der Waals surface area (Å²) < 4.78 is 2.96. The van der Waals surface area contributed by atoms with Crippen LogP contribution < -0.4 is 26.3 Å². The van der Waals surface area contributed by atoms with Crippen LogP contribution in [0.5, 0.6) is 0 Å². The summed E-state index contributed by atoms with van der Waals surface area (Å²) in [5.74, 6) is -1.13. The predicted octanol–water partition coefficient (Wildman–Crippen LogP) is -0.135. The van der Waals surface area contributed by atoms with Gasteiger partial charge in [-0.3, -0.25) is 0 Å². The maximum absolute atomic E-state index is 10.1. The molecule has 3 aromatic rings. The molecule has 110 valence electrons. The number of benzene rings is 3. The van der Waals surface area contributed by atoms with Crippen molar-refractivity contribution >= 4 is 5.97 Å². The van der Waals surface area contributed by atoms with Crippen molar-refractivity contribution in [3.8, 4) is 0 Å². The molecule has 0 saturated heterocycles. The van der Waals surface area contributed by atoms with Gasteiger partial charge >= 0.3 is 21.2 Å². The number of hydrogen-bond donors (Lipinski definition) is 0. The van der Waals surface area contributed by atoms with Gasteiger partial charge in [0, 0.05) is 0 Å². The van der Waals surface area contributed by atoms with Gasteiger partial charge in [-0.25, -0.2) is 0 Å². The molecule has 0 spiro atoms. The molecule has 0 atom stereocenters. The van der Waals surface area contributed by atoms with Crippen LogP contribution in [0.1, 0.15) is 10.4 Å². The Bertz CT molecular complexity index is 645. The second kappa shape index (κ2) is 9.00. The average Bonchev–Trinajstić information content (AvgIpc) is 2.58. The molecular weight excluding hydrogens is 387 g/mol. The molecule has 0 saturated carbocycles. The summed E-state index contributed by atoms with van der Waals surface area (Å²) in [7, 11) is 0. The second-order valence-corrected chi connectivity index (χ2v) is 7.37. The first-order valence-corrected chi connectivity index (χ1v) is 8.93. The minimum Gasteiger partial charge on any atom is -0.545 e. The predicted molar refractivity (Wildman–Crippen MR) is 81.1 cm³/mol. The Balaban J connectivity index is 0.000000172. The highest BCUT2D eigenvalue weighted by Gasteiger charge is 2.12. The Kier molecular flexibility index (Phi) is 6.64. The molecular formula is C19H15IO2. The van der Waals surface area contributed by atoms with E-state index in [0.717, 1.165) is 0 Å². The molecule has 0 radical (unpaired) electrons. The van der Waals surface area contributed by atoms with Crippen LogP contribution in [0.15, 0.2) is 91.0 Å². The van der Waals surface area contributed by atoms with E-state index in [2.05, 4.69) is 60.7 Å². The van der Waals surface area contributed by atoms with Gasteiger partial charge in [-0.05, 0) is 29.8 Å². The lowest BCUT2D eigenvalue weighted by Crippen LogP contribution is -3.61. The van der Waals surface area contributed by atoms with Gasteiger partial charge in [0.15, 0.2) is 7.14 Å². The number of carbonyl (C=O) groups excluding carboxylic acids is 1. The third kappa shape index (κ3) is 5.69. The largest absolute Gasteiger partial charge is 0.545 e.